The van der Waals surface area contributed by atoms with Crippen molar-refractivity contribution in [3.05, 3.63) is 64.7 Å². The number of esters is 1. The molecule has 0 spiro atoms. The highest BCUT2D eigenvalue weighted by atomic mass is 16.5. The van der Waals surface area contributed by atoms with Gasteiger partial charge in [-0.3, -0.25) is 4.79 Å². The van der Waals surface area contributed by atoms with Crippen LogP contribution in [0.2, 0.25) is 0 Å². The lowest BCUT2D eigenvalue weighted by atomic mass is 10.1. The molecule has 5 heteroatoms. The predicted molar refractivity (Wildman–Crippen MR) is 86.2 cm³/mol. The lowest BCUT2D eigenvalue weighted by Gasteiger charge is -2.09. The van der Waals surface area contributed by atoms with Crippen molar-refractivity contribution in [1.29, 1.82) is 0 Å². The summed E-state index contributed by atoms with van der Waals surface area (Å²) in [6, 6.07) is 12.2. The van der Waals surface area contributed by atoms with Gasteiger partial charge in [-0.2, -0.15) is 0 Å². The summed E-state index contributed by atoms with van der Waals surface area (Å²) in [4.78, 5) is 23.6. The molecule has 5 nitrogen and oxygen atoms in total. The second-order valence-electron chi connectivity index (χ2n) is 5.28. The van der Waals surface area contributed by atoms with Crippen molar-refractivity contribution < 1.29 is 19.4 Å². The van der Waals surface area contributed by atoms with Crippen LogP contribution in [-0.2, 0) is 16.1 Å². The molecule has 0 radical (unpaired) electrons. The van der Waals surface area contributed by atoms with E-state index in [0.29, 0.717) is 12.1 Å². The number of aromatic hydroxyl groups is 1. The van der Waals surface area contributed by atoms with E-state index >= 15 is 0 Å². The molecule has 120 valence electrons. The quantitative estimate of drug-likeness (QED) is 0.832. The molecule has 1 amide bonds. The number of carbonyl (C=O) groups is 2. The van der Waals surface area contributed by atoms with Crippen LogP contribution in [0.4, 0.5) is 0 Å². The number of phenols is 1. The van der Waals surface area contributed by atoms with Gasteiger partial charge < -0.3 is 15.2 Å². The number of nitrogens with one attached hydrogen (secondary N) is 1. The van der Waals surface area contributed by atoms with Crippen LogP contribution in [0.25, 0.3) is 0 Å². The molecule has 0 aliphatic carbocycles. The molecule has 2 aromatic carbocycles. The Labute approximate surface area is 134 Å². The number of hydrogen-bond acceptors (Lipinski definition) is 4. The van der Waals surface area contributed by atoms with Crippen molar-refractivity contribution >= 4 is 11.9 Å². The van der Waals surface area contributed by atoms with Gasteiger partial charge in [0.05, 0.1) is 5.56 Å². The number of benzene rings is 2. The van der Waals surface area contributed by atoms with Gasteiger partial charge in [0.15, 0.2) is 6.61 Å². The summed E-state index contributed by atoms with van der Waals surface area (Å²) in [5.41, 5.74) is 2.97. The van der Waals surface area contributed by atoms with Gasteiger partial charge in [0.25, 0.3) is 5.91 Å². The fourth-order valence-corrected chi connectivity index (χ4v) is 2.00. The van der Waals surface area contributed by atoms with Gasteiger partial charge in [0.2, 0.25) is 0 Å². The van der Waals surface area contributed by atoms with E-state index < -0.39 is 5.97 Å². The van der Waals surface area contributed by atoms with Crippen LogP contribution in [0.5, 0.6) is 5.75 Å². The highest BCUT2D eigenvalue weighted by Gasteiger charge is 2.11. The summed E-state index contributed by atoms with van der Waals surface area (Å²) >= 11 is 0. The third-order valence-electron chi connectivity index (χ3n) is 3.52. The predicted octanol–water partition coefficient (Wildman–Crippen LogP) is 2.48. The number of amides is 1. The Morgan fingerprint density at radius 3 is 2.52 bits per heavy atom. The van der Waals surface area contributed by atoms with Gasteiger partial charge in [-0.1, -0.05) is 30.3 Å². The maximum absolute atomic E-state index is 11.8. The summed E-state index contributed by atoms with van der Waals surface area (Å²) in [5, 5.41) is 12.3. The Balaban J connectivity index is 1.83. The molecular weight excluding hydrogens is 294 g/mol. The van der Waals surface area contributed by atoms with Crippen molar-refractivity contribution in [1.82, 2.24) is 5.32 Å². The Kier molecular flexibility index (Phi) is 5.36. The van der Waals surface area contributed by atoms with E-state index in [-0.39, 0.29) is 23.8 Å². The smallest absolute Gasteiger partial charge is 0.338 e. The van der Waals surface area contributed by atoms with E-state index in [4.69, 9.17) is 4.74 Å². The van der Waals surface area contributed by atoms with Crippen LogP contribution in [0.1, 0.15) is 27.0 Å². The number of aryl methyl sites for hydroxylation is 2. The van der Waals surface area contributed by atoms with Gasteiger partial charge in [-0.05, 0) is 42.7 Å². The van der Waals surface area contributed by atoms with Crippen LogP contribution in [-0.4, -0.2) is 23.6 Å². The fraction of sp³-hybridized carbons (Fsp3) is 0.222. The SMILES string of the molecule is Cc1ccc(C(=O)OCC(=O)NCc2ccccc2C)cc1O. The van der Waals surface area contributed by atoms with E-state index in [1.54, 1.807) is 19.1 Å². The van der Waals surface area contributed by atoms with Gasteiger partial charge in [-0.25, -0.2) is 4.79 Å². The van der Waals surface area contributed by atoms with Crippen molar-refractivity contribution in [3.8, 4) is 5.75 Å². The highest BCUT2D eigenvalue weighted by Crippen LogP contribution is 2.17. The second kappa shape index (κ2) is 7.45. The van der Waals surface area contributed by atoms with Gasteiger partial charge in [0, 0.05) is 6.54 Å². The molecule has 0 aliphatic rings. The largest absolute Gasteiger partial charge is 0.508 e. The molecule has 0 aliphatic heterocycles. The average molecular weight is 313 g/mol. The molecule has 0 saturated heterocycles. The summed E-state index contributed by atoms with van der Waals surface area (Å²) in [6.45, 7) is 3.71. The Morgan fingerprint density at radius 1 is 1.09 bits per heavy atom. The zero-order chi connectivity index (χ0) is 16.8. The number of phenolic OH excluding ortho intramolecular Hbond substituents is 1. The lowest BCUT2D eigenvalue weighted by molar-refractivity contribution is -0.124. The maximum atomic E-state index is 11.8. The molecule has 0 bridgehead atoms. The Morgan fingerprint density at radius 2 is 1.83 bits per heavy atom. The first-order chi connectivity index (χ1) is 11.0. The molecule has 0 aromatic heterocycles. The van der Waals surface area contributed by atoms with Crippen molar-refractivity contribution in [2.45, 2.75) is 20.4 Å². The second-order valence-corrected chi connectivity index (χ2v) is 5.28. The first-order valence-corrected chi connectivity index (χ1v) is 7.25. The number of carbonyl (C=O) groups excluding carboxylic acids is 2. The minimum absolute atomic E-state index is 0.0171. The third kappa shape index (κ3) is 4.57. The van der Waals surface area contributed by atoms with E-state index in [9.17, 15) is 14.7 Å². The van der Waals surface area contributed by atoms with Crippen LogP contribution < -0.4 is 5.32 Å². The monoisotopic (exact) mass is 313 g/mol. The lowest BCUT2D eigenvalue weighted by Crippen LogP contribution is -2.28. The van der Waals surface area contributed by atoms with E-state index in [2.05, 4.69) is 5.32 Å². The normalized spacial score (nSPS) is 10.2. The maximum Gasteiger partial charge on any atom is 0.338 e. The molecule has 23 heavy (non-hydrogen) atoms. The van der Waals surface area contributed by atoms with E-state index in [0.717, 1.165) is 11.1 Å². The first kappa shape index (κ1) is 16.5. The number of hydrogen-bond donors (Lipinski definition) is 2. The van der Waals surface area contributed by atoms with Gasteiger partial charge in [0.1, 0.15) is 5.75 Å². The zero-order valence-electron chi connectivity index (χ0n) is 13.1. The summed E-state index contributed by atoms with van der Waals surface area (Å²) < 4.78 is 4.94. The number of ether oxygens (including phenoxy) is 1. The molecule has 0 heterocycles. The average Bonchev–Trinajstić information content (AvgIpc) is 2.54. The number of rotatable bonds is 5. The summed E-state index contributed by atoms with van der Waals surface area (Å²) in [5.74, 6) is -1.01. The Hall–Kier alpha value is -2.82. The molecule has 0 fully saturated rings. The topological polar surface area (TPSA) is 75.6 Å². The summed E-state index contributed by atoms with van der Waals surface area (Å²) in [6.07, 6.45) is 0. The van der Waals surface area contributed by atoms with E-state index in [1.165, 1.54) is 6.07 Å². The zero-order valence-corrected chi connectivity index (χ0v) is 13.1. The van der Waals surface area contributed by atoms with Crippen LogP contribution in [0.3, 0.4) is 0 Å². The van der Waals surface area contributed by atoms with Crippen molar-refractivity contribution in [2.24, 2.45) is 0 Å². The van der Waals surface area contributed by atoms with Crippen LogP contribution in [0.15, 0.2) is 42.5 Å². The summed E-state index contributed by atoms with van der Waals surface area (Å²) in [7, 11) is 0. The van der Waals surface area contributed by atoms with Gasteiger partial charge >= 0.3 is 5.97 Å². The standard InChI is InChI=1S/C18H19NO4/c1-12-5-3-4-6-15(12)10-19-17(21)11-23-18(22)14-8-7-13(2)16(20)9-14/h3-9,20H,10-11H2,1-2H3,(H,19,21). The Bertz CT molecular complexity index is 725. The molecule has 0 atom stereocenters. The first-order valence-electron chi connectivity index (χ1n) is 7.25. The fourth-order valence-electron chi connectivity index (χ4n) is 2.00. The third-order valence-corrected chi connectivity index (χ3v) is 3.52. The molecule has 2 rings (SSSR count). The molecular formula is C18H19NO4. The molecule has 2 aromatic rings. The van der Waals surface area contributed by atoms with Crippen LogP contribution in [0, 0.1) is 13.8 Å². The van der Waals surface area contributed by atoms with Crippen molar-refractivity contribution in [2.75, 3.05) is 6.61 Å². The minimum Gasteiger partial charge on any atom is -0.508 e. The van der Waals surface area contributed by atoms with Crippen LogP contribution >= 0.6 is 0 Å². The highest BCUT2D eigenvalue weighted by molar-refractivity contribution is 5.91. The minimum atomic E-state index is -0.647. The molecule has 0 unspecified atom stereocenters. The molecule has 2 N–H and O–H groups in total. The van der Waals surface area contributed by atoms with Gasteiger partial charge in [-0.15, -0.1) is 0 Å². The van der Waals surface area contributed by atoms with Crippen molar-refractivity contribution in [3.63, 3.8) is 0 Å². The van der Waals surface area contributed by atoms with E-state index in [1.807, 2.05) is 31.2 Å². The molecule has 0 saturated carbocycles.